The lowest BCUT2D eigenvalue weighted by Crippen LogP contribution is -2.26. The number of nitrogens with zero attached hydrogens (tertiary/aromatic N) is 4. The Kier molecular flexibility index (Phi) is 7.97. The van der Waals surface area contributed by atoms with Crippen LogP contribution < -0.4 is 22.2 Å². The van der Waals surface area contributed by atoms with E-state index in [1.807, 2.05) is 24.3 Å². The lowest BCUT2D eigenvalue weighted by Gasteiger charge is -2.14. The minimum absolute atomic E-state index is 0.0400. The van der Waals surface area contributed by atoms with E-state index in [4.69, 9.17) is 28.4 Å². The normalized spacial score (nSPS) is 11.0. The van der Waals surface area contributed by atoms with E-state index >= 15 is 0 Å². The number of pyridine rings is 1. The second-order valence-electron chi connectivity index (χ2n) is 7.17. The summed E-state index contributed by atoms with van der Waals surface area (Å²) in [5.41, 5.74) is 8.62. The highest BCUT2D eigenvalue weighted by Gasteiger charge is 2.15. The summed E-state index contributed by atoms with van der Waals surface area (Å²) < 4.78 is 14.5. The number of amides is 1. The molecule has 0 fully saturated rings. The van der Waals surface area contributed by atoms with Crippen LogP contribution in [0.3, 0.4) is 0 Å². The monoisotopic (exact) mass is 480 g/mol. The molecular formula is C23H22ClFN8O. The molecule has 1 aromatic heterocycles. The van der Waals surface area contributed by atoms with E-state index in [2.05, 4.69) is 20.7 Å². The van der Waals surface area contributed by atoms with Crippen LogP contribution in [0.25, 0.3) is 11.1 Å². The van der Waals surface area contributed by atoms with E-state index in [-0.39, 0.29) is 17.8 Å². The molecule has 0 spiro atoms. The number of nitrogens with one attached hydrogen (secondary N) is 2. The summed E-state index contributed by atoms with van der Waals surface area (Å²) in [6.45, 7) is 0.367. The average Bonchev–Trinajstić information content (AvgIpc) is 2.79. The van der Waals surface area contributed by atoms with Gasteiger partial charge < -0.3 is 16.4 Å². The number of nitrogens with two attached hydrogens (primary N) is 2. The summed E-state index contributed by atoms with van der Waals surface area (Å²) in [5, 5.41) is 19.6. The smallest absolute Gasteiger partial charge is 0.238 e. The van der Waals surface area contributed by atoms with Crippen LogP contribution in [-0.4, -0.2) is 28.9 Å². The number of anilines is 2. The van der Waals surface area contributed by atoms with E-state index in [1.165, 1.54) is 25.4 Å². The largest absolute Gasteiger partial charge is 0.382 e. The number of nitriles is 1. The fraction of sp³-hybridized carbons (Fsp3) is 0.130. The summed E-state index contributed by atoms with van der Waals surface area (Å²) in [5.74, 6) is 4.85. The minimum atomic E-state index is -0.510. The van der Waals surface area contributed by atoms with Gasteiger partial charge in [0.1, 0.15) is 17.9 Å². The Bertz CT molecular complexity index is 1250. The van der Waals surface area contributed by atoms with Gasteiger partial charge >= 0.3 is 0 Å². The van der Waals surface area contributed by atoms with Gasteiger partial charge in [0.05, 0.1) is 16.7 Å². The summed E-state index contributed by atoms with van der Waals surface area (Å²) in [4.78, 5) is 16.0. The summed E-state index contributed by atoms with van der Waals surface area (Å²) in [7, 11) is 1.49. The summed E-state index contributed by atoms with van der Waals surface area (Å²) >= 11 is 6.19. The van der Waals surface area contributed by atoms with Gasteiger partial charge in [-0.05, 0) is 28.8 Å². The molecule has 3 rings (SSSR count). The molecule has 174 valence electrons. The number of hydrazine groups is 1. The van der Waals surface area contributed by atoms with Crippen LogP contribution in [0.2, 0.25) is 5.02 Å². The number of halogens is 2. The van der Waals surface area contributed by atoms with Gasteiger partial charge in [0, 0.05) is 19.8 Å². The summed E-state index contributed by atoms with van der Waals surface area (Å²) in [6.07, 6.45) is 1.20. The Balaban J connectivity index is 1.81. The third-order valence-electron chi connectivity index (χ3n) is 4.66. The minimum Gasteiger partial charge on any atom is -0.382 e. The molecule has 0 aliphatic heterocycles. The molecule has 0 bridgehead atoms. The second kappa shape index (κ2) is 11.1. The van der Waals surface area contributed by atoms with Crippen LogP contribution in [-0.2, 0) is 11.3 Å². The van der Waals surface area contributed by atoms with Crippen molar-refractivity contribution in [3.63, 3.8) is 0 Å². The van der Waals surface area contributed by atoms with Gasteiger partial charge in [-0.1, -0.05) is 48.0 Å². The second-order valence-corrected chi connectivity index (χ2v) is 7.58. The van der Waals surface area contributed by atoms with Gasteiger partial charge in [-0.2, -0.15) is 5.26 Å². The first-order chi connectivity index (χ1) is 16.3. The number of hydrogen-bond acceptors (Lipinski definition) is 7. The molecule has 11 heteroatoms. The van der Waals surface area contributed by atoms with Gasteiger partial charge in [-0.15, -0.1) is 5.10 Å². The molecule has 1 amide bonds. The Morgan fingerprint density at radius 2 is 2.00 bits per heavy atom. The molecule has 3 aromatic rings. The molecule has 0 aliphatic rings. The van der Waals surface area contributed by atoms with E-state index in [0.717, 1.165) is 16.2 Å². The van der Waals surface area contributed by atoms with E-state index in [1.54, 1.807) is 18.2 Å². The van der Waals surface area contributed by atoms with Crippen molar-refractivity contribution in [1.82, 2.24) is 10.1 Å². The summed E-state index contributed by atoms with van der Waals surface area (Å²) in [6, 6.07) is 15.3. The Morgan fingerprint density at radius 1 is 1.26 bits per heavy atom. The topological polar surface area (TPSA) is 145 Å². The zero-order valence-corrected chi connectivity index (χ0v) is 19.0. The van der Waals surface area contributed by atoms with Crippen LogP contribution in [0.5, 0.6) is 0 Å². The molecule has 6 N–H and O–H groups in total. The molecule has 0 radical (unpaired) electrons. The molecule has 0 saturated carbocycles. The molecule has 0 atom stereocenters. The van der Waals surface area contributed by atoms with Crippen molar-refractivity contribution in [2.45, 2.75) is 13.0 Å². The van der Waals surface area contributed by atoms with Crippen molar-refractivity contribution in [3.8, 4) is 17.2 Å². The highest BCUT2D eigenvalue weighted by atomic mass is 35.5. The SMILES string of the molecule is CN(N)/N=C(\N)c1c(F)cccc1-c1ccc(CNc2nccc(Cl)c2NC(=O)CC#N)cc1. The lowest BCUT2D eigenvalue weighted by atomic mass is 9.97. The van der Waals surface area contributed by atoms with Gasteiger partial charge in [0.15, 0.2) is 11.7 Å². The van der Waals surface area contributed by atoms with Crippen LogP contribution >= 0.6 is 11.6 Å². The molecule has 0 unspecified atom stereocenters. The van der Waals surface area contributed by atoms with Crippen LogP contribution in [0.15, 0.2) is 59.8 Å². The van der Waals surface area contributed by atoms with Crippen LogP contribution in [0.4, 0.5) is 15.9 Å². The Labute approximate surface area is 200 Å². The van der Waals surface area contributed by atoms with Crippen molar-refractivity contribution in [1.29, 1.82) is 5.26 Å². The Hall–Kier alpha value is -4.20. The maximum absolute atomic E-state index is 14.5. The fourth-order valence-corrected chi connectivity index (χ4v) is 3.37. The van der Waals surface area contributed by atoms with E-state index in [9.17, 15) is 9.18 Å². The predicted octanol–water partition coefficient (Wildman–Crippen LogP) is 3.43. The third-order valence-corrected chi connectivity index (χ3v) is 4.98. The van der Waals surface area contributed by atoms with Crippen molar-refractivity contribution in [2.24, 2.45) is 16.7 Å². The quantitative estimate of drug-likeness (QED) is 0.167. The Morgan fingerprint density at radius 3 is 2.68 bits per heavy atom. The fourth-order valence-electron chi connectivity index (χ4n) is 3.18. The first-order valence-electron chi connectivity index (χ1n) is 10.1. The number of benzene rings is 2. The lowest BCUT2D eigenvalue weighted by molar-refractivity contribution is -0.115. The molecule has 2 aromatic carbocycles. The predicted molar refractivity (Wildman–Crippen MR) is 130 cm³/mol. The number of carbonyl (C=O) groups excluding carboxylic acids is 1. The maximum atomic E-state index is 14.5. The molecule has 34 heavy (non-hydrogen) atoms. The van der Waals surface area contributed by atoms with Crippen molar-refractivity contribution >= 4 is 34.8 Å². The maximum Gasteiger partial charge on any atom is 0.238 e. The van der Waals surface area contributed by atoms with Gasteiger partial charge in [0.2, 0.25) is 5.91 Å². The van der Waals surface area contributed by atoms with Crippen molar-refractivity contribution < 1.29 is 9.18 Å². The number of amidine groups is 1. The molecular weight excluding hydrogens is 459 g/mol. The number of rotatable bonds is 8. The first-order valence-corrected chi connectivity index (χ1v) is 10.4. The average molecular weight is 481 g/mol. The molecule has 0 saturated heterocycles. The number of hydrogen-bond donors (Lipinski definition) is 4. The number of aromatic nitrogens is 1. The molecule has 9 nitrogen and oxygen atoms in total. The standard InChI is InChI=1S/C23H22ClFN8O/c1-33(28)32-22(27)20-16(3-2-4-18(20)25)15-7-5-14(6-8-15)13-30-23-21(17(24)10-12-29-23)31-19(34)9-11-26/h2-8,10,12H,9,13,28H2,1H3,(H2,27,32)(H,29,30)(H,31,34). The van der Waals surface area contributed by atoms with E-state index < -0.39 is 11.7 Å². The van der Waals surface area contributed by atoms with Crippen molar-refractivity contribution in [2.75, 3.05) is 17.7 Å². The van der Waals surface area contributed by atoms with Gasteiger partial charge in [-0.25, -0.2) is 20.3 Å². The highest BCUT2D eigenvalue weighted by Crippen LogP contribution is 2.29. The molecule has 0 aliphatic carbocycles. The third kappa shape index (κ3) is 5.98. The first kappa shape index (κ1) is 24.4. The number of hydrazone groups is 1. The van der Waals surface area contributed by atoms with Crippen molar-refractivity contribution in [3.05, 3.63) is 76.7 Å². The number of carbonyl (C=O) groups is 1. The van der Waals surface area contributed by atoms with Gasteiger partial charge in [0.25, 0.3) is 0 Å². The van der Waals surface area contributed by atoms with Gasteiger partial charge in [-0.3, -0.25) is 4.79 Å². The zero-order valence-electron chi connectivity index (χ0n) is 18.2. The van der Waals surface area contributed by atoms with E-state index in [0.29, 0.717) is 28.6 Å². The molecule has 1 heterocycles. The highest BCUT2D eigenvalue weighted by molar-refractivity contribution is 6.34. The zero-order chi connectivity index (χ0) is 24.7. The van der Waals surface area contributed by atoms with Crippen LogP contribution in [0.1, 0.15) is 17.5 Å². The van der Waals surface area contributed by atoms with Crippen LogP contribution in [0, 0.1) is 17.1 Å².